The summed E-state index contributed by atoms with van der Waals surface area (Å²) in [5.74, 6) is -0.273. The van der Waals surface area contributed by atoms with Crippen LogP contribution in [0.4, 0.5) is 0 Å². The highest BCUT2D eigenvalue weighted by Crippen LogP contribution is 2.12. The molecule has 6 nitrogen and oxygen atoms in total. The first-order valence-electron chi connectivity index (χ1n) is 6.90. The topological polar surface area (TPSA) is 72.7 Å². The van der Waals surface area contributed by atoms with Gasteiger partial charge in [0.05, 0.1) is 24.1 Å². The molecule has 0 radical (unpaired) electrons. The highest BCUT2D eigenvalue weighted by molar-refractivity contribution is 5.91. The van der Waals surface area contributed by atoms with Gasteiger partial charge in [0, 0.05) is 6.20 Å². The fraction of sp³-hybridized carbons (Fsp3) is 0.125. The molecule has 0 aliphatic carbocycles. The van der Waals surface area contributed by atoms with Crippen LogP contribution in [0, 0.1) is 6.92 Å². The van der Waals surface area contributed by atoms with E-state index in [2.05, 4.69) is 20.6 Å². The number of hydrogen-bond donors (Lipinski definition) is 1. The maximum Gasteiger partial charge on any atom is 0.273 e. The normalized spacial score (nSPS) is 10.4. The van der Waals surface area contributed by atoms with Gasteiger partial charge in [-0.05, 0) is 30.7 Å². The third-order valence-electron chi connectivity index (χ3n) is 3.24. The zero-order valence-corrected chi connectivity index (χ0v) is 12.1. The number of nitrogens with one attached hydrogen (secondary N) is 1. The van der Waals surface area contributed by atoms with Crippen molar-refractivity contribution in [2.45, 2.75) is 13.5 Å². The molecular weight excluding hydrogens is 278 g/mol. The molecule has 6 heteroatoms. The number of para-hydroxylation sites is 1. The minimum absolute atomic E-state index is 0.273. The molecule has 22 heavy (non-hydrogen) atoms. The molecule has 1 N–H and O–H groups in total. The number of rotatable bonds is 4. The largest absolute Gasteiger partial charge is 0.345 e. The molecule has 1 amide bonds. The monoisotopic (exact) mass is 293 g/mol. The van der Waals surface area contributed by atoms with Crippen molar-refractivity contribution in [3.63, 3.8) is 0 Å². The van der Waals surface area contributed by atoms with E-state index in [0.29, 0.717) is 6.54 Å². The van der Waals surface area contributed by atoms with E-state index >= 15 is 0 Å². The van der Waals surface area contributed by atoms with Crippen LogP contribution in [0.3, 0.4) is 0 Å². The Balaban J connectivity index is 1.71. The lowest BCUT2D eigenvalue weighted by Gasteiger charge is -2.03. The standard InChI is InChI=1S/C16H15N5O/c1-12-6-2-3-8-15(12)21-11-14(19-20-21)16(22)18-10-13-7-4-5-9-17-13/h2-9,11H,10H2,1H3,(H,18,22). The Morgan fingerprint density at radius 2 is 2.00 bits per heavy atom. The maximum atomic E-state index is 12.1. The fourth-order valence-corrected chi connectivity index (χ4v) is 2.07. The van der Waals surface area contributed by atoms with E-state index < -0.39 is 0 Å². The van der Waals surface area contributed by atoms with Crippen LogP contribution >= 0.6 is 0 Å². The van der Waals surface area contributed by atoms with Crippen LogP contribution in [0.1, 0.15) is 21.7 Å². The van der Waals surface area contributed by atoms with Crippen molar-refractivity contribution < 1.29 is 4.79 Å². The maximum absolute atomic E-state index is 12.1. The molecule has 0 bridgehead atoms. The van der Waals surface area contributed by atoms with Gasteiger partial charge in [0.25, 0.3) is 5.91 Å². The molecule has 0 aliphatic heterocycles. The number of carbonyl (C=O) groups is 1. The van der Waals surface area contributed by atoms with Crippen molar-refractivity contribution in [3.05, 3.63) is 71.8 Å². The summed E-state index contributed by atoms with van der Waals surface area (Å²) in [6, 6.07) is 13.4. The zero-order chi connectivity index (χ0) is 15.4. The number of hydrogen-bond acceptors (Lipinski definition) is 4. The Labute approximate surface area is 127 Å². The molecule has 0 atom stereocenters. The molecule has 1 aromatic carbocycles. The molecule has 2 aromatic heterocycles. The van der Waals surface area contributed by atoms with E-state index in [9.17, 15) is 4.79 Å². The van der Waals surface area contributed by atoms with Crippen molar-refractivity contribution in [2.24, 2.45) is 0 Å². The SMILES string of the molecule is Cc1ccccc1-n1cc(C(=O)NCc2ccccn2)nn1. The molecule has 0 saturated heterocycles. The first kappa shape index (κ1) is 13.9. The number of aromatic nitrogens is 4. The van der Waals surface area contributed by atoms with Gasteiger partial charge < -0.3 is 5.32 Å². The van der Waals surface area contributed by atoms with E-state index in [4.69, 9.17) is 0 Å². The van der Waals surface area contributed by atoms with E-state index in [1.165, 1.54) is 0 Å². The van der Waals surface area contributed by atoms with Crippen LogP contribution in [0.2, 0.25) is 0 Å². The first-order chi connectivity index (χ1) is 10.7. The predicted octanol–water partition coefficient (Wildman–Crippen LogP) is 1.90. The van der Waals surface area contributed by atoms with Gasteiger partial charge in [-0.2, -0.15) is 0 Å². The number of aryl methyl sites for hydroxylation is 1. The average Bonchev–Trinajstić information content (AvgIpc) is 3.04. The lowest BCUT2D eigenvalue weighted by atomic mass is 10.2. The second kappa shape index (κ2) is 6.17. The summed E-state index contributed by atoms with van der Waals surface area (Å²) in [5, 5.41) is 10.7. The van der Waals surface area contributed by atoms with Crippen LogP contribution in [-0.4, -0.2) is 25.9 Å². The highest BCUT2D eigenvalue weighted by atomic mass is 16.2. The summed E-state index contributed by atoms with van der Waals surface area (Å²) >= 11 is 0. The Bertz CT molecular complexity index is 782. The lowest BCUT2D eigenvalue weighted by molar-refractivity contribution is 0.0945. The van der Waals surface area contributed by atoms with Gasteiger partial charge in [-0.25, -0.2) is 4.68 Å². The minimum Gasteiger partial charge on any atom is -0.345 e. The molecular formula is C16H15N5O. The molecule has 0 spiro atoms. The van der Waals surface area contributed by atoms with Gasteiger partial charge >= 0.3 is 0 Å². The van der Waals surface area contributed by atoms with E-state index in [1.54, 1.807) is 17.1 Å². The summed E-state index contributed by atoms with van der Waals surface area (Å²) in [4.78, 5) is 16.2. The van der Waals surface area contributed by atoms with Gasteiger partial charge in [-0.1, -0.05) is 29.5 Å². The van der Waals surface area contributed by atoms with E-state index in [0.717, 1.165) is 16.9 Å². The molecule has 3 rings (SSSR count). The van der Waals surface area contributed by atoms with Crippen LogP contribution in [-0.2, 0) is 6.54 Å². The summed E-state index contributed by atoms with van der Waals surface area (Å²) in [7, 11) is 0. The van der Waals surface area contributed by atoms with Crippen LogP contribution in [0.5, 0.6) is 0 Å². The second-order valence-corrected chi connectivity index (χ2v) is 4.84. The smallest absolute Gasteiger partial charge is 0.273 e. The predicted molar refractivity (Wildman–Crippen MR) is 81.5 cm³/mol. The summed E-state index contributed by atoms with van der Waals surface area (Å²) in [6.45, 7) is 2.34. The average molecular weight is 293 g/mol. The van der Waals surface area contributed by atoms with Gasteiger partial charge in [-0.3, -0.25) is 9.78 Å². The van der Waals surface area contributed by atoms with Crippen molar-refractivity contribution in [2.75, 3.05) is 0 Å². The molecule has 0 unspecified atom stereocenters. The molecule has 0 fully saturated rings. The Morgan fingerprint density at radius 3 is 2.77 bits per heavy atom. The fourth-order valence-electron chi connectivity index (χ4n) is 2.07. The van der Waals surface area contributed by atoms with Crippen molar-refractivity contribution in [1.82, 2.24) is 25.3 Å². The highest BCUT2D eigenvalue weighted by Gasteiger charge is 2.12. The summed E-state index contributed by atoms with van der Waals surface area (Å²) in [6.07, 6.45) is 3.31. The molecule has 0 aliphatic rings. The van der Waals surface area contributed by atoms with Crippen LogP contribution in [0.25, 0.3) is 5.69 Å². The Kier molecular flexibility index (Phi) is 3.91. The van der Waals surface area contributed by atoms with Gasteiger partial charge in [0.2, 0.25) is 0 Å². The third kappa shape index (κ3) is 3.01. The van der Waals surface area contributed by atoms with E-state index in [1.807, 2.05) is 49.4 Å². The van der Waals surface area contributed by atoms with Gasteiger partial charge in [0.1, 0.15) is 0 Å². The third-order valence-corrected chi connectivity index (χ3v) is 3.24. The van der Waals surface area contributed by atoms with Gasteiger partial charge in [-0.15, -0.1) is 5.10 Å². The molecule has 0 saturated carbocycles. The van der Waals surface area contributed by atoms with Crippen LogP contribution in [0.15, 0.2) is 54.9 Å². The Morgan fingerprint density at radius 1 is 1.18 bits per heavy atom. The Hall–Kier alpha value is -3.02. The first-order valence-corrected chi connectivity index (χ1v) is 6.90. The number of carbonyl (C=O) groups excluding carboxylic acids is 1. The van der Waals surface area contributed by atoms with Crippen molar-refractivity contribution >= 4 is 5.91 Å². The molecule has 3 aromatic rings. The molecule has 2 heterocycles. The van der Waals surface area contributed by atoms with Crippen molar-refractivity contribution in [3.8, 4) is 5.69 Å². The zero-order valence-electron chi connectivity index (χ0n) is 12.1. The number of nitrogens with zero attached hydrogens (tertiary/aromatic N) is 4. The second-order valence-electron chi connectivity index (χ2n) is 4.84. The number of amides is 1. The van der Waals surface area contributed by atoms with Gasteiger partial charge in [0.15, 0.2) is 5.69 Å². The summed E-state index contributed by atoms with van der Waals surface area (Å²) < 4.78 is 1.60. The van der Waals surface area contributed by atoms with E-state index in [-0.39, 0.29) is 11.6 Å². The summed E-state index contributed by atoms with van der Waals surface area (Å²) in [5.41, 5.74) is 3.04. The number of benzene rings is 1. The number of pyridine rings is 1. The molecule has 110 valence electrons. The van der Waals surface area contributed by atoms with Crippen molar-refractivity contribution in [1.29, 1.82) is 0 Å². The minimum atomic E-state index is -0.273. The quantitative estimate of drug-likeness (QED) is 0.797. The lowest BCUT2D eigenvalue weighted by Crippen LogP contribution is -2.23. The van der Waals surface area contributed by atoms with Crippen LogP contribution < -0.4 is 5.32 Å².